The first-order valence-corrected chi connectivity index (χ1v) is 9.54. The third-order valence-corrected chi connectivity index (χ3v) is 4.71. The van der Waals surface area contributed by atoms with E-state index in [0.717, 1.165) is 29.9 Å². The smallest absolute Gasteiger partial charge is 0.222 e. The third-order valence-electron chi connectivity index (χ3n) is 4.19. The third kappa shape index (κ3) is 7.30. The van der Waals surface area contributed by atoms with Crippen LogP contribution in [0.15, 0.2) is 33.7 Å². The molecule has 0 radical (unpaired) electrons. The molecule has 1 aromatic carbocycles. The van der Waals surface area contributed by atoms with E-state index in [-0.39, 0.29) is 35.8 Å². The molecule has 6 nitrogen and oxygen atoms in total. The van der Waals surface area contributed by atoms with Crippen LogP contribution < -0.4 is 20.9 Å². The maximum atomic E-state index is 11.5. The Labute approximate surface area is 181 Å². The molecule has 0 aliphatic carbocycles. The van der Waals surface area contributed by atoms with Crippen LogP contribution in [0.3, 0.4) is 0 Å². The number of rotatable bonds is 6. The van der Waals surface area contributed by atoms with Crippen LogP contribution in [0.25, 0.3) is 0 Å². The highest BCUT2D eigenvalue weighted by Crippen LogP contribution is 2.22. The highest BCUT2D eigenvalue weighted by molar-refractivity contribution is 14.0. The molecule has 0 saturated carbocycles. The molecule has 8 heteroatoms. The van der Waals surface area contributed by atoms with Gasteiger partial charge in [-0.05, 0) is 30.7 Å². The zero-order chi connectivity index (χ0) is 18.2. The lowest BCUT2D eigenvalue weighted by Crippen LogP contribution is -2.46. The molecule has 1 amide bonds. The normalized spacial score (nSPS) is 17.0. The molecule has 1 fully saturated rings. The van der Waals surface area contributed by atoms with Crippen LogP contribution in [0.5, 0.6) is 0 Å². The van der Waals surface area contributed by atoms with Crippen molar-refractivity contribution in [3.63, 3.8) is 0 Å². The van der Waals surface area contributed by atoms with E-state index in [1.807, 2.05) is 13.8 Å². The summed E-state index contributed by atoms with van der Waals surface area (Å²) in [5.41, 5.74) is 1.24. The van der Waals surface area contributed by atoms with Gasteiger partial charge in [0.1, 0.15) is 0 Å². The monoisotopic (exact) mass is 537 g/mol. The molecule has 1 heterocycles. The van der Waals surface area contributed by atoms with Crippen molar-refractivity contribution in [1.82, 2.24) is 16.0 Å². The molecule has 1 saturated heterocycles. The molecule has 1 aliphatic heterocycles. The van der Waals surface area contributed by atoms with Crippen LogP contribution in [-0.4, -0.2) is 51.1 Å². The van der Waals surface area contributed by atoms with Crippen LogP contribution in [0, 0.1) is 5.92 Å². The topological polar surface area (TPSA) is 68.8 Å². The van der Waals surface area contributed by atoms with Gasteiger partial charge < -0.3 is 20.9 Å². The second-order valence-electron chi connectivity index (χ2n) is 6.50. The molecule has 2 rings (SSSR count). The predicted molar refractivity (Wildman–Crippen MR) is 123 cm³/mol. The molecule has 26 heavy (non-hydrogen) atoms. The summed E-state index contributed by atoms with van der Waals surface area (Å²) in [4.78, 5) is 18.2. The molecule has 1 unspecified atom stereocenters. The van der Waals surface area contributed by atoms with Gasteiger partial charge in [-0.1, -0.05) is 29.8 Å². The van der Waals surface area contributed by atoms with Gasteiger partial charge in [-0.25, -0.2) is 0 Å². The van der Waals surface area contributed by atoms with Gasteiger partial charge >= 0.3 is 0 Å². The molecule has 146 valence electrons. The summed E-state index contributed by atoms with van der Waals surface area (Å²) >= 11 is 3.47. The molecular weight excluding hydrogens is 509 g/mol. The molecule has 1 aromatic rings. The van der Waals surface area contributed by atoms with Crippen LogP contribution in [0.4, 0.5) is 5.69 Å². The van der Waals surface area contributed by atoms with E-state index >= 15 is 0 Å². The van der Waals surface area contributed by atoms with Crippen molar-refractivity contribution in [3.05, 3.63) is 28.7 Å². The van der Waals surface area contributed by atoms with Crippen molar-refractivity contribution >= 4 is 57.5 Å². The van der Waals surface area contributed by atoms with Gasteiger partial charge in [-0.2, -0.15) is 0 Å². The minimum Gasteiger partial charge on any atom is -0.369 e. The Balaban J connectivity index is 0.00000338. The SMILES string of the molecule is CN=C(NCCNC(=O)C(C)C)NC1CCN(c2ccc(Br)cc2)C1.I. The second kappa shape index (κ2) is 11.6. The number of amides is 1. The average Bonchev–Trinajstić information content (AvgIpc) is 3.06. The fraction of sp³-hybridized carbons (Fsp3) is 0.556. The Hall–Kier alpha value is -1.03. The number of carbonyl (C=O) groups is 1. The number of benzene rings is 1. The summed E-state index contributed by atoms with van der Waals surface area (Å²) in [6.45, 7) is 7.00. The van der Waals surface area contributed by atoms with E-state index in [2.05, 4.69) is 66.0 Å². The summed E-state index contributed by atoms with van der Waals surface area (Å²) in [6.07, 6.45) is 1.07. The number of nitrogens with one attached hydrogen (secondary N) is 3. The quantitative estimate of drug-likeness (QED) is 0.226. The number of carbonyl (C=O) groups excluding carboxylic acids is 1. The van der Waals surface area contributed by atoms with Crippen LogP contribution in [-0.2, 0) is 4.79 Å². The van der Waals surface area contributed by atoms with Crippen molar-refractivity contribution in [2.45, 2.75) is 26.3 Å². The number of hydrogen-bond donors (Lipinski definition) is 3. The number of anilines is 1. The highest BCUT2D eigenvalue weighted by Gasteiger charge is 2.23. The minimum atomic E-state index is 0. The summed E-state index contributed by atoms with van der Waals surface area (Å²) < 4.78 is 1.10. The van der Waals surface area contributed by atoms with Gasteiger partial charge in [0, 0.05) is 55.3 Å². The van der Waals surface area contributed by atoms with Gasteiger partial charge in [-0.15, -0.1) is 24.0 Å². The van der Waals surface area contributed by atoms with E-state index in [0.29, 0.717) is 19.1 Å². The molecular formula is C18H29BrIN5O. The predicted octanol–water partition coefficient (Wildman–Crippen LogP) is 2.58. The van der Waals surface area contributed by atoms with Gasteiger partial charge in [0.2, 0.25) is 5.91 Å². The lowest BCUT2D eigenvalue weighted by Gasteiger charge is -2.20. The largest absolute Gasteiger partial charge is 0.369 e. The van der Waals surface area contributed by atoms with Crippen molar-refractivity contribution in [3.8, 4) is 0 Å². The van der Waals surface area contributed by atoms with Crippen molar-refractivity contribution in [2.24, 2.45) is 10.9 Å². The van der Waals surface area contributed by atoms with Gasteiger partial charge in [0.15, 0.2) is 5.96 Å². The van der Waals surface area contributed by atoms with Gasteiger partial charge in [0.25, 0.3) is 0 Å². The summed E-state index contributed by atoms with van der Waals surface area (Å²) in [6, 6.07) is 8.78. The van der Waals surface area contributed by atoms with Gasteiger partial charge in [-0.3, -0.25) is 9.79 Å². The maximum Gasteiger partial charge on any atom is 0.222 e. The first-order valence-electron chi connectivity index (χ1n) is 8.75. The summed E-state index contributed by atoms with van der Waals surface area (Å²) in [7, 11) is 1.77. The van der Waals surface area contributed by atoms with Crippen LogP contribution in [0.2, 0.25) is 0 Å². The van der Waals surface area contributed by atoms with Gasteiger partial charge in [0.05, 0.1) is 0 Å². The Kier molecular flexibility index (Phi) is 10.3. The summed E-state index contributed by atoms with van der Waals surface area (Å²) in [5, 5.41) is 9.61. The van der Waals surface area contributed by atoms with E-state index in [1.54, 1.807) is 7.05 Å². The fourth-order valence-corrected chi connectivity index (χ4v) is 2.99. The van der Waals surface area contributed by atoms with Crippen molar-refractivity contribution in [2.75, 3.05) is 38.1 Å². The number of aliphatic imine (C=N–C) groups is 1. The maximum absolute atomic E-state index is 11.5. The number of hydrogen-bond acceptors (Lipinski definition) is 3. The number of halogens is 2. The number of guanidine groups is 1. The van der Waals surface area contributed by atoms with Crippen LogP contribution >= 0.6 is 39.9 Å². The van der Waals surface area contributed by atoms with Crippen molar-refractivity contribution in [1.29, 1.82) is 0 Å². The zero-order valence-corrected chi connectivity index (χ0v) is 19.5. The molecule has 0 spiro atoms. The van der Waals surface area contributed by atoms with E-state index in [1.165, 1.54) is 5.69 Å². The Bertz CT molecular complexity index is 594. The minimum absolute atomic E-state index is 0. The Morgan fingerprint density at radius 3 is 2.54 bits per heavy atom. The Morgan fingerprint density at radius 2 is 1.92 bits per heavy atom. The fourth-order valence-electron chi connectivity index (χ4n) is 2.72. The van der Waals surface area contributed by atoms with Crippen molar-refractivity contribution < 1.29 is 4.79 Å². The first-order chi connectivity index (χ1) is 12.0. The molecule has 0 aromatic heterocycles. The Morgan fingerprint density at radius 1 is 1.27 bits per heavy atom. The highest BCUT2D eigenvalue weighted by atomic mass is 127. The lowest BCUT2D eigenvalue weighted by atomic mass is 10.2. The molecule has 0 bridgehead atoms. The standard InChI is InChI=1S/C18H28BrN5O.HI/c1-13(2)17(25)21-9-10-22-18(20-3)23-15-8-11-24(12-15)16-6-4-14(19)5-7-16;/h4-7,13,15H,8-12H2,1-3H3,(H,21,25)(H2,20,22,23);1H. The number of nitrogens with zero attached hydrogens (tertiary/aromatic N) is 2. The molecule has 1 aliphatic rings. The van der Waals surface area contributed by atoms with E-state index in [9.17, 15) is 4.79 Å². The average molecular weight is 538 g/mol. The molecule has 3 N–H and O–H groups in total. The second-order valence-corrected chi connectivity index (χ2v) is 7.41. The lowest BCUT2D eigenvalue weighted by molar-refractivity contribution is -0.123. The molecule has 1 atom stereocenters. The van der Waals surface area contributed by atoms with E-state index < -0.39 is 0 Å². The van der Waals surface area contributed by atoms with Crippen LogP contribution in [0.1, 0.15) is 20.3 Å². The summed E-state index contributed by atoms with van der Waals surface area (Å²) in [5.74, 6) is 0.868. The first kappa shape index (κ1) is 23.0. The zero-order valence-electron chi connectivity index (χ0n) is 15.6. The van der Waals surface area contributed by atoms with E-state index in [4.69, 9.17) is 0 Å².